The molecule has 0 aromatic rings. The molecule has 0 aromatic heterocycles. The zero-order valence-electron chi connectivity index (χ0n) is 19.8. The Kier molecular flexibility index (Phi) is 8.90. The molecule has 190 valence electrons. The first-order chi connectivity index (χ1) is 16.1. The molecule has 2 bridgehead atoms. The topological polar surface area (TPSA) is 130 Å². The molecular weight excluding hydrogens is 461 g/mol. The Balaban J connectivity index is 1.35. The molecule has 1 saturated carbocycles. The van der Waals surface area contributed by atoms with Gasteiger partial charge < -0.3 is 14.5 Å². The second kappa shape index (κ2) is 11.3. The second-order valence-corrected chi connectivity index (χ2v) is 11.0. The largest absolute Gasteiger partial charge is 0.469 e. The summed E-state index contributed by atoms with van der Waals surface area (Å²) in [5.74, 6) is -1.45. The van der Waals surface area contributed by atoms with Crippen molar-refractivity contribution < 1.29 is 38.0 Å². The number of allylic oxidation sites excluding steroid dienone is 1. The van der Waals surface area contributed by atoms with Gasteiger partial charge >= 0.3 is 13.8 Å². The van der Waals surface area contributed by atoms with Crippen LogP contribution in [0.25, 0.3) is 0 Å². The highest BCUT2D eigenvalue weighted by molar-refractivity contribution is 7.46. The highest BCUT2D eigenvalue weighted by atomic mass is 31.2. The van der Waals surface area contributed by atoms with E-state index in [9.17, 15) is 18.9 Å². The van der Waals surface area contributed by atoms with Crippen LogP contribution in [0.2, 0.25) is 0 Å². The van der Waals surface area contributed by atoms with E-state index in [1.807, 2.05) is 12.2 Å². The Morgan fingerprint density at radius 3 is 2.35 bits per heavy atom. The molecule has 3 rings (SSSR count). The first kappa shape index (κ1) is 26.8. The van der Waals surface area contributed by atoms with Gasteiger partial charge in [0.15, 0.2) is 0 Å². The number of imide groups is 1. The van der Waals surface area contributed by atoms with E-state index in [0.717, 1.165) is 44.9 Å². The Labute approximate surface area is 200 Å². The van der Waals surface area contributed by atoms with E-state index < -0.39 is 25.1 Å². The lowest BCUT2D eigenvalue weighted by atomic mass is 9.75. The van der Waals surface area contributed by atoms with E-state index in [2.05, 4.69) is 11.1 Å². The molecule has 2 amide bonds. The van der Waals surface area contributed by atoms with Crippen LogP contribution in [0.4, 0.5) is 0 Å². The van der Waals surface area contributed by atoms with Crippen molar-refractivity contribution in [1.29, 1.82) is 0 Å². The highest BCUT2D eigenvalue weighted by Crippen LogP contribution is 2.60. The SMILES string of the molecule is C=C(C)C(=O)OCC12C=CC(C1)C1C(=O)N(CCCCCCCCCCOP(=O)(O)O)C(=O)C12. The smallest absolute Gasteiger partial charge is 0.461 e. The summed E-state index contributed by atoms with van der Waals surface area (Å²) in [5.41, 5.74) is -0.271. The van der Waals surface area contributed by atoms with Crippen molar-refractivity contribution in [2.24, 2.45) is 23.2 Å². The average molecular weight is 498 g/mol. The minimum atomic E-state index is -4.36. The molecule has 4 atom stereocenters. The molecule has 2 N–H and O–H groups in total. The van der Waals surface area contributed by atoms with Crippen molar-refractivity contribution >= 4 is 25.6 Å². The summed E-state index contributed by atoms with van der Waals surface area (Å²) < 4.78 is 20.4. The summed E-state index contributed by atoms with van der Waals surface area (Å²) in [6.07, 6.45) is 11.9. The molecule has 1 saturated heterocycles. The minimum absolute atomic E-state index is 0.0297. The zero-order valence-corrected chi connectivity index (χ0v) is 20.7. The quantitative estimate of drug-likeness (QED) is 0.0878. The van der Waals surface area contributed by atoms with E-state index in [1.54, 1.807) is 6.92 Å². The van der Waals surface area contributed by atoms with Crippen LogP contribution in [0.3, 0.4) is 0 Å². The number of fused-ring (bicyclic) bond motifs is 5. The highest BCUT2D eigenvalue weighted by Gasteiger charge is 2.66. The van der Waals surface area contributed by atoms with E-state index in [-0.39, 0.29) is 36.9 Å². The summed E-state index contributed by atoms with van der Waals surface area (Å²) >= 11 is 0. The second-order valence-electron chi connectivity index (χ2n) is 9.80. The van der Waals surface area contributed by atoms with Crippen LogP contribution >= 0.6 is 7.82 Å². The number of hydrogen-bond acceptors (Lipinski definition) is 6. The predicted octanol–water partition coefficient (Wildman–Crippen LogP) is 3.51. The summed E-state index contributed by atoms with van der Waals surface area (Å²) in [6.45, 7) is 5.78. The number of nitrogens with zero attached hydrogens (tertiary/aromatic N) is 1. The third-order valence-corrected chi connectivity index (χ3v) is 7.69. The van der Waals surface area contributed by atoms with Gasteiger partial charge in [-0.2, -0.15) is 0 Å². The fourth-order valence-corrected chi connectivity index (χ4v) is 5.88. The van der Waals surface area contributed by atoms with Crippen LogP contribution in [0, 0.1) is 23.2 Å². The molecule has 3 aliphatic rings. The third-order valence-electron chi connectivity index (χ3n) is 7.17. The normalized spacial score (nSPS) is 27.5. The maximum atomic E-state index is 13.2. The van der Waals surface area contributed by atoms with Crippen LogP contribution in [-0.4, -0.2) is 52.2 Å². The summed E-state index contributed by atoms with van der Waals surface area (Å²) in [7, 11) is -4.36. The lowest BCUT2D eigenvalue weighted by molar-refractivity contribution is -0.146. The molecule has 2 aliphatic carbocycles. The first-order valence-corrected chi connectivity index (χ1v) is 13.7. The van der Waals surface area contributed by atoms with Crippen LogP contribution in [0.15, 0.2) is 24.3 Å². The number of rotatable bonds is 15. The first-order valence-electron chi connectivity index (χ1n) is 12.1. The van der Waals surface area contributed by atoms with Gasteiger partial charge in [-0.3, -0.25) is 19.0 Å². The molecular formula is C24H36NO8P. The van der Waals surface area contributed by atoms with Gasteiger partial charge in [0.2, 0.25) is 11.8 Å². The number of likely N-dealkylation sites (tertiary alicyclic amines) is 1. The molecule has 10 heteroatoms. The van der Waals surface area contributed by atoms with Crippen molar-refractivity contribution in [3.05, 3.63) is 24.3 Å². The molecule has 34 heavy (non-hydrogen) atoms. The van der Waals surface area contributed by atoms with E-state index in [0.29, 0.717) is 25.0 Å². The summed E-state index contributed by atoms with van der Waals surface area (Å²) in [6, 6.07) is 0. The molecule has 0 spiro atoms. The van der Waals surface area contributed by atoms with Crippen molar-refractivity contribution in [1.82, 2.24) is 4.90 Å². The Morgan fingerprint density at radius 2 is 1.74 bits per heavy atom. The van der Waals surface area contributed by atoms with Gasteiger partial charge in [-0.25, -0.2) is 9.36 Å². The van der Waals surface area contributed by atoms with Gasteiger partial charge in [-0.15, -0.1) is 0 Å². The predicted molar refractivity (Wildman–Crippen MR) is 124 cm³/mol. The van der Waals surface area contributed by atoms with Gasteiger partial charge in [0, 0.05) is 17.5 Å². The number of amides is 2. The Hall–Kier alpha value is -1.80. The minimum Gasteiger partial charge on any atom is -0.461 e. The lowest BCUT2D eigenvalue weighted by Crippen LogP contribution is -2.38. The fraction of sp³-hybridized carbons (Fsp3) is 0.708. The van der Waals surface area contributed by atoms with Gasteiger partial charge in [0.25, 0.3) is 0 Å². The Morgan fingerprint density at radius 1 is 1.12 bits per heavy atom. The number of ether oxygens (including phenoxy) is 1. The Bertz CT molecular complexity index is 880. The fourth-order valence-electron chi connectivity index (χ4n) is 5.51. The maximum absolute atomic E-state index is 13.2. The van der Waals surface area contributed by atoms with Gasteiger partial charge in [-0.1, -0.05) is 57.3 Å². The number of carbonyl (C=O) groups excluding carboxylic acids is 3. The molecule has 2 fully saturated rings. The molecule has 0 radical (unpaired) electrons. The van der Waals surface area contributed by atoms with Gasteiger partial charge in [-0.05, 0) is 32.1 Å². The van der Waals surface area contributed by atoms with Crippen molar-refractivity contribution in [3.63, 3.8) is 0 Å². The number of unbranched alkanes of at least 4 members (excludes halogenated alkanes) is 7. The van der Waals surface area contributed by atoms with Crippen LogP contribution in [-0.2, 0) is 28.2 Å². The number of phosphoric ester groups is 1. The van der Waals surface area contributed by atoms with Gasteiger partial charge in [0.1, 0.15) is 6.61 Å². The number of hydrogen-bond donors (Lipinski definition) is 2. The van der Waals surface area contributed by atoms with Gasteiger partial charge in [0.05, 0.1) is 18.4 Å². The number of esters is 1. The monoisotopic (exact) mass is 497 g/mol. The maximum Gasteiger partial charge on any atom is 0.469 e. The third kappa shape index (κ3) is 6.25. The van der Waals surface area contributed by atoms with E-state index >= 15 is 0 Å². The molecule has 1 aliphatic heterocycles. The van der Waals surface area contributed by atoms with Crippen LogP contribution in [0.1, 0.15) is 64.7 Å². The van der Waals surface area contributed by atoms with Crippen LogP contribution < -0.4 is 0 Å². The van der Waals surface area contributed by atoms with Crippen LogP contribution in [0.5, 0.6) is 0 Å². The number of carbonyl (C=O) groups is 3. The van der Waals surface area contributed by atoms with Crippen molar-refractivity contribution in [3.8, 4) is 0 Å². The number of phosphoric acid groups is 1. The van der Waals surface area contributed by atoms with E-state index in [4.69, 9.17) is 14.5 Å². The average Bonchev–Trinajstić information content (AvgIpc) is 3.40. The summed E-state index contributed by atoms with van der Waals surface area (Å²) in [4.78, 5) is 56.7. The van der Waals surface area contributed by atoms with Crippen molar-refractivity contribution in [2.45, 2.75) is 64.7 Å². The zero-order chi connectivity index (χ0) is 24.9. The summed E-state index contributed by atoms with van der Waals surface area (Å²) in [5, 5.41) is 0. The molecule has 1 heterocycles. The van der Waals surface area contributed by atoms with Crippen molar-refractivity contribution in [2.75, 3.05) is 19.8 Å². The van der Waals surface area contributed by atoms with E-state index in [1.165, 1.54) is 4.90 Å². The lowest BCUT2D eigenvalue weighted by Gasteiger charge is -2.30. The molecule has 0 aromatic carbocycles. The molecule has 4 unspecified atom stereocenters. The molecule has 9 nitrogen and oxygen atoms in total. The standard InChI is InChI=1S/C24H36NO8P/c1-17(2)23(28)32-16-24-12-11-18(15-24)19-20(24)22(27)25(21(19)26)13-9-7-5-3-4-6-8-10-14-33-34(29,30)31/h11-12,18-20H,1,3-10,13-16H2,2H3,(H2,29,30,31).